The van der Waals surface area contributed by atoms with Gasteiger partial charge in [0.15, 0.2) is 0 Å². The number of amides is 1. The Bertz CT molecular complexity index is 1760. The van der Waals surface area contributed by atoms with Gasteiger partial charge in [0.2, 0.25) is 5.91 Å². The second kappa shape index (κ2) is 8.40. The number of aromatic nitrogens is 6. The van der Waals surface area contributed by atoms with Crippen molar-refractivity contribution in [1.29, 1.82) is 0 Å². The molecule has 6 heterocycles. The number of nitrogens with one attached hydrogen (secondary N) is 2. The van der Waals surface area contributed by atoms with E-state index in [0.717, 1.165) is 16.6 Å². The second-order valence-electron chi connectivity index (χ2n) is 9.53. The van der Waals surface area contributed by atoms with E-state index in [4.69, 9.17) is 4.98 Å². The summed E-state index contributed by atoms with van der Waals surface area (Å²) in [5.74, 6) is 0.0387. The number of carbonyl (C=O) groups excluding carboxylic acids is 1. The fraction of sp³-hybridized carbons (Fsp3) is 0.308. The number of aromatic amines is 2. The third-order valence-corrected chi connectivity index (χ3v) is 6.97. The van der Waals surface area contributed by atoms with Crippen molar-refractivity contribution >= 4 is 38.9 Å². The molecule has 10 nitrogen and oxygen atoms in total. The Morgan fingerprint density at radius 1 is 1.08 bits per heavy atom. The fourth-order valence-corrected chi connectivity index (χ4v) is 5.17. The number of hydrogen-bond acceptors (Lipinski definition) is 6. The summed E-state index contributed by atoms with van der Waals surface area (Å²) >= 11 is 0. The lowest BCUT2D eigenvalue weighted by Crippen LogP contribution is -2.43. The lowest BCUT2D eigenvalue weighted by atomic mass is 10.0. The molecule has 1 saturated heterocycles. The maximum atomic E-state index is 13.2. The molecule has 0 radical (unpaired) electrons. The molecule has 0 aromatic carbocycles. The van der Waals surface area contributed by atoms with Gasteiger partial charge >= 0.3 is 5.69 Å². The van der Waals surface area contributed by atoms with E-state index in [-0.39, 0.29) is 17.9 Å². The first-order chi connectivity index (χ1) is 17.4. The first-order valence-corrected chi connectivity index (χ1v) is 12.1. The van der Waals surface area contributed by atoms with E-state index in [1.54, 1.807) is 10.8 Å². The molecule has 1 fully saturated rings. The zero-order chi connectivity index (χ0) is 25.0. The summed E-state index contributed by atoms with van der Waals surface area (Å²) in [6, 6.07) is 7.38. The van der Waals surface area contributed by atoms with Gasteiger partial charge in [0.25, 0.3) is 5.56 Å². The Balaban J connectivity index is 1.53. The molecule has 0 spiro atoms. The first-order valence-electron chi connectivity index (χ1n) is 12.1. The van der Waals surface area contributed by atoms with Crippen molar-refractivity contribution in [3.8, 4) is 11.3 Å². The van der Waals surface area contributed by atoms with Crippen LogP contribution in [0.3, 0.4) is 0 Å². The van der Waals surface area contributed by atoms with E-state index >= 15 is 0 Å². The van der Waals surface area contributed by atoms with Crippen LogP contribution in [0.15, 0.2) is 52.4 Å². The Labute approximate surface area is 205 Å². The molecule has 0 saturated carbocycles. The first kappa shape index (κ1) is 22.1. The van der Waals surface area contributed by atoms with E-state index in [9.17, 15) is 14.4 Å². The van der Waals surface area contributed by atoms with Gasteiger partial charge in [-0.3, -0.25) is 24.1 Å². The van der Waals surface area contributed by atoms with Gasteiger partial charge in [0.1, 0.15) is 11.2 Å². The van der Waals surface area contributed by atoms with E-state index in [1.165, 1.54) is 6.20 Å². The van der Waals surface area contributed by atoms with Crippen LogP contribution in [-0.4, -0.2) is 53.4 Å². The minimum atomic E-state index is -0.489. The summed E-state index contributed by atoms with van der Waals surface area (Å²) in [6.45, 7) is 4.89. The Kier molecular flexibility index (Phi) is 5.17. The number of pyridine rings is 3. The number of rotatable bonds is 3. The fourth-order valence-electron chi connectivity index (χ4n) is 5.17. The molecule has 5 aromatic heterocycles. The van der Waals surface area contributed by atoms with Crippen LogP contribution in [0.5, 0.6) is 0 Å². The van der Waals surface area contributed by atoms with Gasteiger partial charge in [-0.2, -0.15) is 0 Å². The molecular formula is C26H25N7O3. The van der Waals surface area contributed by atoms with Gasteiger partial charge in [0.05, 0.1) is 22.1 Å². The smallest absolute Gasteiger partial charge is 0.329 e. The number of likely N-dealkylation sites (tertiary alicyclic amines) is 1. The highest BCUT2D eigenvalue weighted by Gasteiger charge is 2.28. The Morgan fingerprint density at radius 3 is 2.67 bits per heavy atom. The van der Waals surface area contributed by atoms with Crippen molar-refractivity contribution in [3.63, 3.8) is 0 Å². The largest absolute Gasteiger partial charge is 0.345 e. The Morgan fingerprint density at radius 2 is 1.89 bits per heavy atom. The van der Waals surface area contributed by atoms with E-state index in [2.05, 4.69) is 19.9 Å². The van der Waals surface area contributed by atoms with Crippen molar-refractivity contribution < 1.29 is 4.79 Å². The zero-order valence-corrected chi connectivity index (χ0v) is 20.0. The van der Waals surface area contributed by atoms with Gasteiger partial charge in [-0.25, -0.2) is 14.8 Å². The van der Waals surface area contributed by atoms with Crippen LogP contribution in [0.2, 0.25) is 0 Å². The summed E-state index contributed by atoms with van der Waals surface area (Å²) in [6.07, 6.45) is 6.29. The van der Waals surface area contributed by atoms with Crippen LogP contribution in [0.25, 0.3) is 44.2 Å². The molecule has 0 atom stereocenters. The predicted octanol–water partition coefficient (Wildman–Crippen LogP) is 3.00. The van der Waals surface area contributed by atoms with Gasteiger partial charge in [-0.1, -0.05) is 13.8 Å². The molecule has 182 valence electrons. The molecule has 1 amide bonds. The van der Waals surface area contributed by atoms with Crippen LogP contribution >= 0.6 is 0 Å². The van der Waals surface area contributed by atoms with Crippen molar-refractivity contribution in [2.24, 2.45) is 5.92 Å². The lowest BCUT2D eigenvalue weighted by molar-refractivity contribution is -0.135. The second-order valence-corrected chi connectivity index (χ2v) is 9.53. The molecule has 0 bridgehead atoms. The van der Waals surface area contributed by atoms with Crippen LogP contribution in [0.4, 0.5) is 0 Å². The summed E-state index contributed by atoms with van der Waals surface area (Å²) in [7, 11) is 0. The molecule has 36 heavy (non-hydrogen) atoms. The number of hydrogen-bond donors (Lipinski definition) is 2. The van der Waals surface area contributed by atoms with Crippen LogP contribution < -0.4 is 11.2 Å². The predicted molar refractivity (Wildman–Crippen MR) is 137 cm³/mol. The summed E-state index contributed by atoms with van der Waals surface area (Å²) < 4.78 is 1.64. The number of piperidine rings is 1. The molecule has 1 aliphatic heterocycles. The van der Waals surface area contributed by atoms with Gasteiger partial charge in [0, 0.05) is 54.6 Å². The SMILES string of the molecule is CC(C)C(=O)N1CCC(n2c(=O)[nH]c(=O)c3cnc4ccc(-c5c[nH]c6ncccc56)nc4c32)CC1. The van der Waals surface area contributed by atoms with Crippen molar-refractivity contribution in [2.45, 2.75) is 32.7 Å². The standard InChI is InChI=1S/C26H25N7O3/c1-14(2)25(35)32-10-7-15(8-11-32)33-22-18(24(34)31-26(33)36)13-28-20-6-5-19(30-21(20)22)17-12-29-23-16(17)4-3-9-27-23/h3-6,9,12-15H,7-8,10-11H2,1-2H3,(H,27,29)(H,31,34,36). The van der Waals surface area contributed by atoms with Crippen molar-refractivity contribution in [1.82, 2.24) is 34.4 Å². The third kappa shape index (κ3) is 3.48. The average molecular weight is 484 g/mol. The van der Waals surface area contributed by atoms with Crippen molar-refractivity contribution in [2.75, 3.05) is 13.1 Å². The lowest BCUT2D eigenvalue weighted by Gasteiger charge is -2.34. The highest BCUT2D eigenvalue weighted by Crippen LogP contribution is 2.31. The topological polar surface area (TPSA) is 130 Å². The molecule has 0 unspecified atom stereocenters. The van der Waals surface area contributed by atoms with Gasteiger partial charge < -0.3 is 9.88 Å². The van der Waals surface area contributed by atoms with Crippen LogP contribution in [-0.2, 0) is 4.79 Å². The molecule has 1 aliphatic rings. The van der Waals surface area contributed by atoms with Gasteiger partial charge in [-0.05, 0) is 37.1 Å². The van der Waals surface area contributed by atoms with Gasteiger partial charge in [-0.15, -0.1) is 0 Å². The summed E-state index contributed by atoms with van der Waals surface area (Å²) in [5, 5.41) is 1.24. The molecule has 6 rings (SSSR count). The number of fused-ring (bicyclic) bond motifs is 4. The van der Waals surface area contributed by atoms with E-state index in [1.807, 2.05) is 49.2 Å². The minimum Gasteiger partial charge on any atom is -0.345 e. The summed E-state index contributed by atoms with van der Waals surface area (Å²) in [4.78, 5) is 59.6. The molecular weight excluding hydrogens is 458 g/mol. The van der Waals surface area contributed by atoms with Crippen molar-refractivity contribution in [3.05, 3.63) is 63.7 Å². The number of carbonyl (C=O) groups is 1. The number of nitrogens with zero attached hydrogens (tertiary/aromatic N) is 5. The molecule has 0 aliphatic carbocycles. The van der Waals surface area contributed by atoms with Crippen LogP contribution in [0, 0.1) is 5.92 Å². The highest BCUT2D eigenvalue weighted by atomic mass is 16.2. The van der Waals surface area contributed by atoms with E-state index < -0.39 is 11.2 Å². The Hall–Kier alpha value is -4.34. The average Bonchev–Trinajstić information content (AvgIpc) is 3.32. The monoisotopic (exact) mass is 483 g/mol. The molecule has 2 N–H and O–H groups in total. The normalized spacial score (nSPS) is 14.9. The molecule has 5 aromatic rings. The maximum absolute atomic E-state index is 13.2. The molecule has 10 heteroatoms. The third-order valence-electron chi connectivity index (χ3n) is 6.97. The quantitative estimate of drug-likeness (QED) is 0.380. The minimum absolute atomic E-state index is 0.0736. The maximum Gasteiger partial charge on any atom is 0.329 e. The van der Waals surface area contributed by atoms with Crippen LogP contribution in [0.1, 0.15) is 32.7 Å². The zero-order valence-electron chi connectivity index (χ0n) is 20.0. The van der Waals surface area contributed by atoms with E-state index in [0.29, 0.717) is 53.6 Å². The highest BCUT2D eigenvalue weighted by molar-refractivity contribution is 6.02. The summed E-state index contributed by atoms with van der Waals surface area (Å²) in [5.41, 5.74) is 2.91. The number of H-pyrrole nitrogens is 2.